The molecule has 3 amide bonds. The Morgan fingerprint density at radius 2 is 2.09 bits per heavy atom. The zero-order valence-corrected chi connectivity index (χ0v) is 19.0. The average molecular weight is 460 g/mol. The van der Waals surface area contributed by atoms with E-state index in [-0.39, 0.29) is 35.8 Å². The Balaban J connectivity index is 1.64. The third-order valence-corrected chi connectivity index (χ3v) is 6.40. The SMILES string of the molecule is COCCNC(=O)C1(C)Cn2cnc(C(=O)Nc3cccc(Cl)c3C)c2C(=O)N1C1CC1. The molecule has 1 saturated carbocycles. The first-order valence-corrected chi connectivity index (χ1v) is 10.9. The lowest BCUT2D eigenvalue weighted by atomic mass is 9.94. The van der Waals surface area contributed by atoms with Crippen LogP contribution in [0.2, 0.25) is 5.02 Å². The van der Waals surface area contributed by atoms with Gasteiger partial charge in [-0.3, -0.25) is 14.4 Å². The maximum atomic E-state index is 13.6. The van der Waals surface area contributed by atoms with Crippen LogP contribution in [0.4, 0.5) is 5.69 Å². The molecule has 9 nitrogen and oxygen atoms in total. The van der Waals surface area contributed by atoms with Crippen LogP contribution < -0.4 is 10.6 Å². The van der Waals surface area contributed by atoms with Crippen LogP contribution in [-0.2, 0) is 16.1 Å². The molecule has 2 aliphatic rings. The van der Waals surface area contributed by atoms with Crippen molar-refractivity contribution in [3.8, 4) is 0 Å². The van der Waals surface area contributed by atoms with Crippen molar-refractivity contribution in [2.45, 2.75) is 44.8 Å². The van der Waals surface area contributed by atoms with Gasteiger partial charge in [-0.15, -0.1) is 0 Å². The van der Waals surface area contributed by atoms with Gasteiger partial charge in [-0.05, 0) is 44.4 Å². The van der Waals surface area contributed by atoms with Crippen molar-refractivity contribution in [1.29, 1.82) is 0 Å². The highest BCUT2D eigenvalue weighted by molar-refractivity contribution is 6.31. The number of anilines is 1. The van der Waals surface area contributed by atoms with E-state index in [0.717, 1.165) is 18.4 Å². The van der Waals surface area contributed by atoms with Crippen molar-refractivity contribution in [1.82, 2.24) is 19.8 Å². The molecule has 1 unspecified atom stereocenters. The van der Waals surface area contributed by atoms with Crippen LogP contribution in [0.15, 0.2) is 24.5 Å². The Morgan fingerprint density at radius 3 is 2.78 bits per heavy atom. The number of hydrogen-bond donors (Lipinski definition) is 2. The summed E-state index contributed by atoms with van der Waals surface area (Å²) in [6, 6.07) is 5.18. The highest BCUT2D eigenvalue weighted by Crippen LogP contribution is 2.39. The molecule has 0 spiro atoms. The first-order chi connectivity index (χ1) is 15.3. The molecular formula is C22H26ClN5O4. The number of benzene rings is 1. The van der Waals surface area contributed by atoms with E-state index in [4.69, 9.17) is 16.3 Å². The number of hydrogen-bond acceptors (Lipinski definition) is 5. The molecule has 0 radical (unpaired) electrons. The van der Waals surface area contributed by atoms with Crippen LogP contribution >= 0.6 is 11.6 Å². The van der Waals surface area contributed by atoms with E-state index in [1.54, 1.807) is 48.6 Å². The topological polar surface area (TPSA) is 106 Å². The van der Waals surface area contributed by atoms with Crippen molar-refractivity contribution < 1.29 is 19.1 Å². The predicted octanol–water partition coefficient (Wildman–Crippen LogP) is 2.24. The molecule has 0 bridgehead atoms. The molecular weight excluding hydrogens is 434 g/mol. The molecule has 4 rings (SSSR count). The number of imidazole rings is 1. The van der Waals surface area contributed by atoms with Gasteiger partial charge in [0.25, 0.3) is 11.8 Å². The third-order valence-electron chi connectivity index (χ3n) is 5.99. The minimum absolute atomic E-state index is 0.0295. The monoisotopic (exact) mass is 459 g/mol. The summed E-state index contributed by atoms with van der Waals surface area (Å²) in [4.78, 5) is 45.5. The second kappa shape index (κ2) is 8.55. The van der Waals surface area contributed by atoms with Gasteiger partial charge in [0, 0.05) is 30.4 Å². The number of methoxy groups -OCH3 is 1. The highest BCUT2D eigenvalue weighted by atomic mass is 35.5. The number of carbonyl (C=O) groups excluding carboxylic acids is 3. The largest absolute Gasteiger partial charge is 0.383 e. The Morgan fingerprint density at radius 1 is 1.34 bits per heavy atom. The molecule has 1 aromatic carbocycles. The maximum Gasteiger partial charge on any atom is 0.276 e. The van der Waals surface area contributed by atoms with Gasteiger partial charge < -0.3 is 24.8 Å². The number of fused-ring (bicyclic) bond motifs is 1. The Hall–Kier alpha value is -2.91. The number of rotatable bonds is 7. The molecule has 1 aliphatic carbocycles. The van der Waals surface area contributed by atoms with Crippen LogP contribution in [0.3, 0.4) is 0 Å². The normalized spacial score (nSPS) is 20.1. The quantitative estimate of drug-likeness (QED) is 0.618. The summed E-state index contributed by atoms with van der Waals surface area (Å²) in [6.45, 7) is 4.49. The number of nitrogens with one attached hydrogen (secondary N) is 2. The molecule has 1 aliphatic heterocycles. The fraction of sp³-hybridized carbons (Fsp3) is 0.455. The van der Waals surface area contributed by atoms with Gasteiger partial charge in [0.15, 0.2) is 5.69 Å². The smallest absolute Gasteiger partial charge is 0.276 e. The molecule has 2 aromatic rings. The van der Waals surface area contributed by atoms with Crippen molar-refractivity contribution in [3.63, 3.8) is 0 Å². The number of ether oxygens (including phenoxy) is 1. The molecule has 1 aromatic heterocycles. The van der Waals surface area contributed by atoms with Gasteiger partial charge in [-0.25, -0.2) is 4.98 Å². The zero-order valence-electron chi connectivity index (χ0n) is 18.3. The summed E-state index contributed by atoms with van der Waals surface area (Å²) < 4.78 is 6.60. The second-order valence-corrected chi connectivity index (χ2v) is 8.77. The van der Waals surface area contributed by atoms with Crippen molar-refractivity contribution in [2.24, 2.45) is 0 Å². The fourth-order valence-electron chi connectivity index (χ4n) is 4.10. The molecule has 1 atom stereocenters. The van der Waals surface area contributed by atoms with Crippen LogP contribution in [0.25, 0.3) is 0 Å². The lowest BCUT2D eigenvalue weighted by Gasteiger charge is -2.44. The van der Waals surface area contributed by atoms with Crippen LogP contribution in [0.5, 0.6) is 0 Å². The van der Waals surface area contributed by atoms with Gasteiger partial charge >= 0.3 is 0 Å². The number of halogens is 1. The molecule has 1 fully saturated rings. The summed E-state index contributed by atoms with van der Waals surface area (Å²) >= 11 is 6.15. The third kappa shape index (κ3) is 3.86. The standard InChI is InChI=1S/C22H26ClN5O4/c1-13-15(23)5-4-6-16(13)26-19(29)17-18-20(30)28(14-7-8-14)22(2,11-27(18)12-25-17)21(31)24-9-10-32-3/h4-6,12,14H,7-11H2,1-3H3,(H,24,31)(H,26,29). The van der Waals surface area contributed by atoms with E-state index in [2.05, 4.69) is 15.6 Å². The van der Waals surface area contributed by atoms with E-state index in [0.29, 0.717) is 23.9 Å². The lowest BCUT2D eigenvalue weighted by Crippen LogP contribution is -2.65. The summed E-state index contributed by atoms with van der Waals surface area (Å²) in [5.41, 5.74) is 0.408. The number of amides is 3. The first-order valence-electron chi connectivity index (χ1n) is 10.5. The van der Waals surface area contributed by atoms with E-state index < -0.39 is 11.4 Å². The number of aromatic nitrogens is 2. The summed E-state index contributed by atoms with van der Waals surface area (Å²) in [5, 5.41) is 6.18. The van der Waals surface area contributed by atoms with Crippen molar-refractivity contribution >= 4 is 35.0 Å². The van der Waals surface area contributed by atoms with Crippen LogP contribution in [-0.4, -0.2) is 64.0 Å². The summed E-state index contributed by atoms with van der Waals surface area (Å²) in [5.74, 6) is -1.12. The first kappa shape index (κ1) is 22.3. The van der Waals surface area contributed by atoms with Crippen LogP contribution in [0, 0.1) is 6.92 Å². The maximum absolute atomic E-state index is 13.6. The predicted molar refractivity (Wildman–Crippen MR) is 119 cm³/mol. The van der Waals surface area contributed by atoms with Gasteiger partial charge in [-0.2, -0.15) is 0 Å². The fourth-order valence-corrected chi connectivity index (χ4v) is 4.28. The molecule has 32 heavy (non-hydrogen) atoms. The molecule has 2 N–H and O–H groups in total. The highest BCUT2D eigenvalue weighted by Gasteiger charge is 2.53. The van der Waals surface area contributed by atoms with E-state index in [9.17, 15) is 14.4 Å². The summed E-state index contributed by atoms with van der Waals surface area (Å²) in [6.07, 6.45) is 3.09. The summed E-state index contributed by atoms with van der Waals surface area (Å²) in [7, 11) is 1.56. The van der Waals surface area contributed by atoms with Gasteiger partial charge in [0.2, 0.25) is 5.91 Å². The van der Waals surface area contributed by atoms with Crippen molar-refractivity contribution in [3.05, 3.63) is 46.5 Å². The average Bonchev–Trinajstić information content (AvgIpc) is 3.49. The van der Waals surface area contributed by atoms with Gasteiger partial charge in [0.05, 0.1) is 19.5 Å². The lowest BCUT2D eigenvalue weighted by molar-refractivity contribution is -0.133. The van der Waals surface area contributed by atoms with Crippen molar-refractivity contribution in [2.75, 3.05) is 25.6 Å². The zero-order chi connectivity index (χ0) is 23.0. The van der Waals surface area contributed by atoms with E-state index in [1.165, 1.54) is 6.33 Å². The molecule has 2 heterocycles. The molecule has 10 heteroatoms. The number of nitrogens with zero attached hydrogens (tertiary/aromatic N) is 3. The number of carbonyl (C=O) groups is 3. The van der Waals surface area contributed by atoms with Gasteiger partial charge in [0.1, 0.15) is 11.2 Å². The molecule has 170 valence electrons. The molecule has 0 saturated heterocycles. The Bertz CT molecular complexity index is 1080. The van der Waals surface area contributed by atoms with Crippen LogP contribution in [0.1, 0.15) is 46.3 Å². The van der Waals surface area contributed by atoms with E-state index >= 15 is 0 Å². The minimum atomic E-state index is -1.09. The minimum Gasteiger partial charge on any atom is -0.383 e. The van der Waals surface area contributed by atoms with E-state index in [1.807, 2.05) is 0 Å². The van der Waals surface area contributed by atoms with Gasteiger partial charge in [-0.1, -0.05) is 17.7 Å². The second-order valence-electron chi connectivity index (χ2n) is 8.37. The Labute approximate surface area is 191 Å². The Kier molecular flexibility index (Phi) is 5.96.